The summed E-state index contributed by atoms with van der Waals surface area (Å²) >= 11 is 0. The smallest absolute Gasteiger partial charge is 0.302 e. The van der Waals surface area contributed by atoms with Gasteiger partial charge in [0.05, 0.1) is 6.61 Å². The van der Waals surface area contributed by atoms with Crippen LogP contribution in [0.5, 0.6) is 0 Å². The lowest BCUT2D eigenvalue weighted by molar-refractivity contribution is 0.191. The van der Waals surface area contributed by atoms with Gasteiger partial charge < -0.3 is 14.7 Å². The Morgan fingerprint density at radius 1 is 1.40 bits per heavy atom. The predicted octanol–water partition coefficient (Wildman–Crippen LogP) is 1.13. The second-order valence-electron chi connectivity index (χ2n) is 2.52. The number of hydrogen-bond donors (Lipinski definition) is 3. The van der Waals surface area contributed by atoms with Gasteiger partial charge >= 0.3 is 15.6 Å². The highest BCUT2D eigenvalue weighted by atomic mass is 31.3. The van der Waals surface area contributed by atoms with Crippen molar-refractivity contribution in [2.75, 3.05) is 13.3 Å². The van der Waals surface area contributed by atoms with Crippen LogP contribution in [0.25, 0.3) is 0 Å². The van der Waals surface area contributed by atoms with E-state index < -0.39 is 28.9 Å². The molecule has 0 aromatic carbocycles. The first-order valence-corrected chi connectivity index (χ1v) is 6.65. The first-order chi connectivity index (χ1) is 6.66. The van der Waals surface area contributed by atoms with Crippen molar-refractivity contribution in [3.63, 3.8) is 0 Å². The van der Waals surface area contributed by atoms with Gasteiger partial charge in [-0.25, -0.2) is 13.5 Å². The van der Waals surface area contributed by atoms with Crippen molar-refractivity contribution in [2.45, 2.75) is 6.92 Å². The molecule has 0 fully saturated rings. The van der Waals surface area contributed by atoms with Crippen LogP contribution in [0, 0.1) is 0 Å². The van der Waals surface area contributed by atoms with Crippen molar-refractivity contribution in [1.82, 2.24) is 0 Å². The van der Waals surface area contributed by atoms with Gasteiger partial charge in [0, 0.05) is 0 Å². The van der Waals surface area contributed by atoms with Crippen LogP contribution < -0.4 is 0 Å². The van der Waals surface area contributed by atoms with Gasteiger partial charge in [-0.2, -0.15) is 4.31 Å². The molecular weight excluding hydrogens is 254 g/mol. The predicted molar refractivity (Wildman–Crippen MR) is 48.6 cm³/mol. The molecule has 0 aliphatic carbocycles. The van der Waals surface area contributed by atoms with Crippen molar-refractivity contribution < 1.29 is 37.0 Å². The summed E-state index contributed by atoms with van der Waals surface area (Å²) in [6, 6.07) is 0. The van der Waals surface area contributed by atoms with Crippen molar-refractivity contribution >= 4 is 15.6 Å². The Labute approximate surface area is 85.4 Å². The van der Waals surface area contributed by atoms with Crippen LogP contribution in [-0.4, -0.2) is 28.0 Å². The van der Waals surface area contributed by atoms with E-state index in [2.05, 4.69) is 8.83 Å². The van der Waals surface area contributed by atoms with E-state index >= 15 is 0 Å². The Morgan fingerprint density at radius 2 is 1.93 bits per heavy atom. The van der Waals surface area contributed by atoms with Crippen LogP contribution in [0.2, 0.25) is 0 Å². The number of phosphoric ester groups is 1. The number of rotatable bonds is 6. The minimum atomic E-state index is -5.09. The van der Waals surface area contributed by atoms with Gasteiger partial charge in [0.2, 0.25) is 0 Å². The molecule has 0 rings (SSSR count). The second kappa shape index (κ2) is 5.86. The second-order valence-corrected chi connectivity index (χ2v) is 5.35. The van der Waals surface area contributed by atoms with E-state index in [1.54, 1.807) is 0 Å². The molecule has 0 aromatic heterocycles. The molecule has 0 aromatic rings. The Balaban J connectivity index is 4.18. The van der Waals surface area contributed by atoms with E-state index in [0.717, 1.165) is 6.08 Å². The summed E-state index contributed by atoms with van der Waals surface area (Å²) in [6.45, 7) is 0.178. The third kappa shape index (κ3) is 8.89. The minimum absolute atomic E-state index is 0.256. The lowest BCUT2D eigenvalue weighted by Gasteiger charge is -2.10. The largest absolute Gasteiger partial charge is 0.481 e. The fraction of sp³-hybridized carbons (Fsp3) is 0.600. The van der Waals surface area contributed by atoms with Crippen LogP contribution >= 0.6 is 15.6 Å². The van der Waals surface area contributed by atoms with E-state index in [0.29, 0.717) is 0 Å². The van der Waals surface area contributed by atoms with Gasteiger partial charge in [0.1, 0.15) is 6.67 Å². The van der Waals surface area contributed by atoms with Gasteiger partial charge in [0.15, 0.2) is 0 Å². The van der Waals surface area contributed by atoms with Gasteiger partial charge in [-0.1, -0.05) is 6.08 Å². The van der Waals surface area contributed by atoms with Gasteiger partial charge in [-0.15, -0.1) is 0 Å². The molecule has 0 amide bonds. The molecule has 1 unspecified atom stereocenters. The maximum absolute atomic E-state index is 11.9. The fourth-order valence-electron chi connectivity index (χ4n) is 0.486. The van der Waals surface area contributed by atoms with E-state index in [4.69, 9.17) is 14.7 Å². The van der Waals surface area contributed by atoms with E-state index in [9.17, 15) is 13.5 Å². The molecule has 0 bridgehead atoms. The standard InChI is InChI=1S/C5H11FO7P2/c1-5(4-6)2-3-12-15(10,11)13-14(7,8)9/h2H,3-4H2,1H3,(H,10,11)(H2,7,8,9)/b5-2+/i3+1. The van der Waals surface area contributed by atoms with Crippen LogP contribution in [0.15, 0.2) is 11.6 Å². The molecule has 0 aliphatic rings. The molecular formula is C5H11FO7P2. The molecule has 0 heterocycles. The number of phosphoric acid groups is 2. The highest BCUT2D eigenvalue weighted by molar-refractivity contribution is 7.60. The summed E-state index contributed by atoms with van der Waals surface area (Å²) in [5, 5.41) is 0. The zero-order valence-electron chi connectivity index (χ0n) is 7.74. The molecule has 0 saturated heterocycles. The third-order valence-electron chi connectivity index (χ3n) is 1.09. The van der Waals surface area contributed by atoms with Gasteiger partial charge in [-0.05, 0) is 12.5 Å². The Hall–Kier alpha value is -0.0700. The molecule has 0 spiro atoms. The van der Waals surface area contributed by atoms with Gasteiger partial charge in [-0.3, -0.25) is 4.52 Å². The first kappa shape index (κ1) is 14.9. The summed E-state index contributed by atoms with van der Waals surface area (Å²) in [6.07, 6.45) is 1.14. The number of halogens is 1. The zero-order valence-corrected chi connectivity index (χ0v) is 9.53. The van der Waals surface area contributed by atoms with Crippen molar-refractivity contribution in [1.29, 1.82) is 0 Å². The molecule has 15 heavy (non-hydrogen) atoms. The normalized spacial score (nSPS) is 17.5. The molecule has 7 nitrogen and oxygen atoms in total. The van der Waals surface area contributed by atoms with Crippen molar-refractivity contribution in [3.8, 4) is 0 Å². The average molecular weight is 265 g/mol. The van der Waals surface area contributed by atoms with E-state index in [1.807, 2.05) is 0 Å². The van der Waals surface area contributed by atoms with Crippen molar-refractivity contribution in [3.05, 3.63) is 11.6 Å². The number of hydrogen-bond acceptors (Lipinski definition) is 4. The first-order valence-electron chi connectivity index (χ1n) is 3.62. The summed E-state index contributed by atoms with van der Waals surface area (Å²) in [5.74, 6) is 0. The molecule has 3 N–H and O–H groups in total. The monoisotopic (exact) mass is 265 g/mol. The zero-order chi connectivity index (χ0) is 12.1. The van der Waals surface area contributed by atoms with Crippen LogP contribution in [0.4, 0.5) is 4.39 Å². The summed E-state index contributed by atoms with van der Waals surface area (Å²) in [5.41, 5.74) is 0.256. The Bertz CT molecular complexity index is 321. The highest BCUT2D eigenvalue weighted by Gasteiger charge is 2.31. The highest BCUT2D eigenvalue weighted by Crippen LogP contribution is 2.57. The van der Waals surface area contributed by atoms with E-state index in [1.165, 1.54) is 6.92 Å². The minimum Gasteiger partial charge on any atom is -0.302 e. The van der Waals surface area contributed by atoms with Crippen LogP contribution in [0.1, 0.15) is 6.92 Å². The Kier molecular flexibility index (Phi) is 5.84. The average Bonchev–Trinajstić information content (AvgIpc) is 1.98. The Morgan fingerprint density at radius 3 is 2.33 bits per heavy atom. The summed E-state index contributed by atoms with van der Waals surface area (Å²) < 4.78 is 40.5. The maximum atomic E-state index is 11.9. The third-order valence-corrected chi connectivity index (χ3v) is 3.24. The molecule has 0 saturated carbocycles. The summed E-state index contributed by atoms with van der Waals surface area (Å²) in [4.78, 5) is 25.1. The maximum Gasteiger partial charge on any atom is 0.481 e. The number of alkyl halides is 1. The summed E-state index contributed by atoms with van der Waals surface area (Å²) in [7, 11) is -9.90. The number of allylic oxidation sites excluding steroid dienone is 1. The topological polar surface area (TPSA) is 113 Å². The molecule has 90 valence electrons. The lowest BCUT2D eigenvalue weighted by atomic mass is 10.4. The molecule has 0 radical (unpaired) electrons. The quantitative estimate of drug-likeness (QED) is 0.374. The van der Waals surface area contributed by atoms with E-state index in [-0.39, 0.29) is 5.57 Å². The SMILES string of the molecule is C/C(=C\[13CH2]OP(=O)(O)OP(=O)(O)O)CF. The fourth-order valence-corrected chi connectivity index (χ4v) is 2.01. The van der Waals surface area contributed by atoms with Crippen LogP contribution in [-0.2, 0) is 18.0 Å². The lowest BCUT2D eigenvalue weighted by Crippen LogP contribution is -1.95. The molecule has 1 atom stereocenters. The van der Waals surface area contributed by atoms with Gasteiger partial charge in [0.25, 0.3) is 0 Å². The molecule has 0 aliphatic heterocycles. The van der Waals surface area contributed by atoms with Crippen LogP contribution in [0.3, 0.4) is 0 Å². The van der Waals surface area contributed by atoms with Crippen molar-refractivity contribution in [2.24, 2.45) is 0 Å². The molecule has 10 heteroatoms.